The van der Waals surface area contributed by atoms with Crippen molar-refractivity contribution in [2.75, 3.05) is 0 Å². The largest absolute Gasteiger partial charge is 0.371 e. The van der Waals surface area contributed by atoms with E-state index >= 15 is 0 Å². The molecule has 3 aliphatic carbocycles. The molecule has 0 bridgehead atoms. The van der Waals surface area contributed by atoms with Gasteiger partial charge in [0.15, 0.2) is 0 Å². The summed E-state index contributed by atoms with van der Waals surface area (Å²) >= 11 is 0. The number of allylic oxidation sites excluding steroid dienone is 1. The fourth-order valence-corrected chi connectivity index (χ4v) is 4.19. The van der Waals surface area contributed by atoms with Gasteiger partial charge < -0.3 is 4.74 Å². The third-order valence-corrected chi connectivity index (χ3v) is 5.57. The van der Waals surface area contributed by atoms with E-state index in [-0.39, 0.29) is 0 Å². The fraction of sp³-hybridized carbons (Fsp3) is 0.889. The number of hydrogen-bond acceptors (Lipinski definition) is 1. The van der Waals surface area contributed by atoms with E-state index < -0.39 is 0 Å². The highest BCUT2D eigenvalue weighted by molar-refractivity contribution is 5.18. The van der Waals surface area contributed by atoms with E-state index in [0.717, 1.165) is 23.7 Å². The zero-order valence-electron chi connectivity index (χ0n) is 12.9. The van der Waals surface area contributed by atoms with Gasteiger partial charge in [0.1, 0.15) is 0 Å². The van der Waals surface area contributed by atoms with Gasteiger partial charge in [-0.25, -0.2) is 0 Å². The Hall–Kier alpha value is -0.300. The van der Waals surface area contributed by atoms with Gasteiger partial charge in [0.25, 0.3) is 0 Å². The average molecular weight is 262 g/mol. The molecule has 0 spiro atoms. The third-order valence-electron chi connectivity index (χ3n) is 5.57. The van der Waals surface area contributed by atoms with Crippen molar-refractivity contribution in [1.29, 1.82) is 0 Å². The molecule has 2 fully saturated rings. The average Bonchev–Trinajstić information content (AvgIpc) is 3.10. The van der Waals surface area contributed by atoms with Crippen LogP contribution in [0.4, 0.5) is 0 Å². The Morgan fingerprint density at radius 1 is 1.16 bits per heavy atom. The molecular weight excluding hydrogens is 232 g/mol. The highest BCUT2D eigenvalue weighted by Crippen LogP contribution is 2.52. The summed E-state index contributed by atoms with van der Waals surface area (Å²) in [6.45, 7) is 6.66. The maximum absolute atomic E-state index is 6.22. The monoisotopic (exact) mass is 262 g/mol. The molecule has 3 atom stereocenters. The molecule has 1 heteroatoms. The summed E-state index contributed by atoms with van der Waals surface area (Å²) < 4.78 is 6.22. The van der Waals surface area contributed by atoms with E-state index in [9.17, 15) is 0 Å². The first-order chi connectivity index (χ1) is 9.19. The molecule has 3 rings (SSSR count). The predicted octanol–water partition coefficient (Wildman–Crippen LogP) is 4.96. The van der Waals surface area contributed by atoms with Crippen LogP contribution in [0, 0.1) is 23.7 Å². The molecule has 0 amide bonds. The Morgan fingerprint density at radius 2 is 1.89 bits per heavy atom. The standard InChI is InChI=1S/C18H30O/c1-4-13-10-16(15-8-9-15)17(14-6-5-7-14)11-18(13)19-12(2)3/h10,12,14-18H,4-9,11H2,1-3H3/t16?,17?,18-/m0/s1. The van der Waals surface area contributed by atoms with Crippen LogP contribution in [0.3, 0.4) is 0 Å². The van der Waals surface area contributed by atoms with Crippen molar-refractivity contribution < 1.29 is 4.74 Å². The van der Waals surface area contributed by atoms with Gasteiger partial charge in [0.2, 0.25) is 0 Å². The van der Waals surface area contributed by atoms with E-state index in [1.54, 1.807) is 5.57 Å². The Bertz CT molecular complexity index is 336. The lowest BCUT2D eigenvalue weighted by molar-refractivity contribution is -0.0128. The van der Waals surface area contributed by atoms with Crippen molar-refractivity contribution in [3.05, 3.63) is 11.6 Å². The number of ether oxygens (including phenoxy) is 1. The first-order valence-corrected chi connectivity index (χ1v) is 8.55. The van der Waals surface area contributed by atoms with E-state index in [1.165, 1.54) is 44.9 Å². The molecule has 0 aromatic carbocycles. The minimum absolute atomic E-state index is 0.361. The maximum Gasteiger partial charge on any atom is 0.0791 e. The molecule has 0 aromatic heterocycles. The van der Waals surface area contributed by atoms with Crippen LogP contribution in [0.2, 0.25) is 0 Å². The Morgan fingerprint density at radius 3 is 2.37 bits per heavy atom. The molecule has 0 heterocycles. The zero-order chi connectivity index (χ0) is 13.4. The normalized spacial score (nSPS) is 36.2. The molecule has 0 aliphatic heterocycles. The highest BCUT2D eigenvalue weighted by atomic mass is 16.5. The lowest BCUT2D eigenvalue weighted by atomic mass is 9.64. The summed E-state index contributed by atoms with van der Waals surface area (Å²) in [5.74, 6) is 3.86. The maximum atomic E-state index is 6.22. The van der Waals surface area contributed by atoms with Crippen molar-refractivity contribution in [3.63, 3.8) is 0 Å². The lowest BCUT2D eigenvalue weighted by Crippen LogP contribution is -2.37. The Balaban J connectivity index is 1.77. The molecule has 0 aromatic rings. The lowest BCUT2D eigenvalue weighted by Gasteiger charge is -2.43. The molecule has 1 nitrogen and oxygen atoms in total. The number of rotatable bonds is 5. The SMILES string of the molecule is CCC1=CC(C2CC2)C(C2CCC2)C[C@@H]1OC(C)C. The summed E-state index contributed by atoms with van der Waals surface area (Å²) in [5.41, 5.74) is 1.60. The second kappa shape index (κ2) is 5.60. The fourth-order valence-electron chi connectivity index (χ4n) is 4.19. The van der Waals surface area contributed by atoms with Gasteiger partial charge in [0, 0.05) is 0 Å². The van der Waals surface area contributed by atoms with Crippen LogP contribution in [-0.2, 0) is 4.74 Å². The van der Waals surface area contributed by atoms with Gasteiger partial charge >= 0.3 is 0 Å². The van der Waals surface area contributed by atoms with Crippen LogP contribution in [0.25, 0.3) is 0 Å². The summed E-state index contributed by atoms with van der Waals surface area (Å²) in [7, 11) is 0. The minimum atomic E-state index is 0.361. The molecule has 0 radical (unpaired) electrons. The van der Waals surface area contributed by atoms with E-state index in [4.69, 9.17) is 4.74 Å². The van der Waals surface area contributed by atoms with E-state index in [0.29, 0.717) is 12.2 Å². The zero-order valence-corrected chi connectivity index (χ0v) is 12.9. The second-order valence-corrected chi connectivity index (χ2v) is 7.27. The molecule has 2 saturated carbocycles. The van der Waals surface area contributed by atoms with Crippen LogP contribution in [0.1, 0.15) is 65.7 Å². The van der Waals surface area contributed by atoms with Crippen LogP contribution in [0.15, 0.2) is 11.6 Å². The van der Waals surface area contributed by atoms with Crippen molar-refractivity contribution in [3.8, 4) is 0 Å². The van der Waals surface area contributed by atoms with Gasteiger partial charge in [-0.05, 0) is 68.8 Å². The number of hydrogen-bond donors (Lipinski definition) is 0. The topological polar surface area (TPSA) is 9.23 Å². The van der Waals surface area contributed by atoms with Crippen molar-refractivity contribution >= 4 is 0 Å². The smallest absolute Gasteiger partial charge is 0.0791 e. The van der Waals surface area contributed by atoms with Crippen LogP contribution >= 0.6 is 0 Å². The molecule has 3 aliphatic rings. The molecular formula is C18H30O. The van der Waals surface area contributed by atoms with E-state index in [1.807, 2.05) is 0 Å². The summed E-state index contributed by atoms with van der Waals surface area (Å²) in [6.07, 6.45) is 13.3. The molecule has 19 heavy (non-hydrogen) atoms. The summed E-state index contributed by atoms with van der Waals surface area (Å²) in [5, 5.41) is 0. The van der Waals surface area contributed by atoms with Gasteiger partial charge in [-0.3, -0.25) is 0 Å². The first kappa shape index (κ1) is 13.7. The molecule has 108 valence electrons. The van der Waals surface area contributed by atoms with Crippen molar-refractivity contribution in [2.45, 2.75) is 77.9 Å². The highest BCUT2D eigenvalue weighted by Gasteiger charge is 2.44. The van der Waals surface area contributed by atoms with Crippen LogP contribution in [0.5, 0.6) is 0 Å². The Labute approximate surface area is 118 Å². The van der Waals surface area contributed by atoms with Crippen LogP contribution < -0.4 is 0 Å². The van der Waals surface area contributed by atoms with Gasteiger partial charge in [-0.2, -0.15) is 0 Å². The molecule has 2 unspecified atom stereocenters. The van der Waals surface area contributed by atoms with Crippen molar-refractivity contribution in [1.82, 2.24) is 0 Å². The van der Waals surface area contributed by atoms with Crippen LogP contribution in [-0.4, -0.2) is 12.2 Å². The molecule has 0 N–H and O–H groups in total. The quantitative estimate of drug-likeness (QED) is 0.636. The summed E-state index contributed by atoms with van der Waals surface area (Å²) in [6, 6.07) is 0. The minimum Gasteiger partial charge on any atom is -0.371 e. The summed E-state index contributed by atoms with van der Waals surface area (Å²) in [4.78, 5) is 0. The first-order valence-electron chi connectivity index (χ1n) is 8.55. The van der Waals surface area contributed by atoms with E-state index in [2.05, 4.69) is 26.8 Å². The second-order valence-electron chi connectivity index (χ2n) is 7.27. The van der Waals surface area contributed by atoms with Gasteiger partial charge in [-0.1, -0.05) is 32.3 Å². The van der Waals surface area contributed by atoms with Gasteiger partial charge in [0.05, 0.1) is 12.2 Å². The van der Waals surface area contributed by atoms with Crippen molar-refractivity contribution in [2.24, 2.45) is 23.7 Å². The molecule has 0 saturated heterocycles. The Kier molecular flexibility index (Phi) is 4.03. The third kappa shape index (κ3) is 2.91. The predicted molar refractivity (Wildman–Crippen MR) is 80.0 cm³/mol. The van der Waals surface area contributed by atoms with Gasteiger partial charge in [-0.15, -0.1) is 0 Å².